The molecule has 2 heterocycles. The molecule has 2 aliphatic rings. The Bertz CT molecular complexity index is 1850. The van der Waals surface area contributed by atoms with Gasteiger partial charge < -0.3 is 35.8 Å². The summed E-state index contributed by atoms with van der Waals surface area (Å²) in [6, 6.07) is 12.5. The van der Waals surface area contributed by atoms with Crippen molar-refractivity contribution in [3.8, 4) is 0 Å². The first kappa shape index (κ1) is 46.8. The summed E-state index contributed by atoms with van der Waals surface area (Å²) in [6.07, 6.45) is 0.410. The quantitative estimate of drug-likeness (QED) is 0.143. The number of nitrogens with zero attached hydrogens (tertiary/aromatic N) is 2. The fourth-order valence-corrected chi connectivity index (χ4v) is 10.2. The van der Waals surface area contributed by atoms with E-state index in [0.717, 1.165) is 17.9 Å². The van der Waals surface area contributed by atoms with Gasteiger partial charge in [-0.3, -0.25) is 38.4 Å². The lowest BCUT2D eigenvalue weighted by Crippen LogP contribution is -2.59. The minimum atomic E-state index is -1.33. The van der Waals surface area contributed by atoms with Gasteiger partial charge in [-0.2, -0.15) is 0 Å². The van der Waals surface area contributed by atoms with Crippen molar-refractivity contribution in [2.24, 2.45) is 5.41 Å². The van der Waals surface area contributed by atoms with Crippen LogP contribution in [0.4, 0.5) is 0 Å². The monoisotopic (exact) mass is 852 g/mol. The summed E-state index contributed by atoms with van der Waals surface area (Å²) in [4.78, 5) is 110. The maximum absolute atomic E-state index is 14.7. The molecule has 0 bridgehead atoms. The number of rotatable bonds is 16. The lowest BCUT2D eigenvalue weighted by Gasteiger charge is -2.37. The molecule has 0 aromatic heterocycles. The minimum absolute atomic E-state index is 0.102. The second-order valence-corrected chi connectivity index (χ2v) is 19.1. The molecule has 15 nitrogen and oxygen atoms in total. The molecule has 17 heteroatoms. The number of esters is 1. The molecule has 2 fully saturated rings. The van der Waals surface area contributed by atoms with E-state index in [9.17, 15) is 38.4 Å². The molecule has 4 rings (SSSR count). The van der Waals surface area contributed by atoms with Crippen molar-refractivity contribution in [2.75, 3.05) is 38.7 Å². The number of hydrogen-bond acceptors (Lipinski definition) is 11. The number of thioether (sulfide) groups is 2. The molecule has 320 valence electrons. The summed E-state index contributed by atoms with van der Waals surface area (Å²) in [5.41, 5.74) is 0.0908. The van der Waals surface area contributed by atoms with Crippen molar-refractivity contribution in [3.63, 3.8) is 0 Å². The second kappa shape index (κ2) is 20.9. The average Bonchev–Trinajstić information content (AvgIpc) is 3.57. The second-order valence-electron chi connectivity index (χ2n) is 15.9. The Balaban J connectivity index is 1.52. The van der Waals surface area contributed by atoms with E-state index in [1.165, 1.54) is 16.7 Å². The smallest absolute Gasteiger partial charge is 0.303 e. The topological polar surface area (TPSA) is 200 Å². The van der Waals surface area contributed by atoms with E-state index in [0.29, 0.717) is 17.5 Å². The van der Waals surface area contributed by atoms with Crippen LogP contribution in [0.1, 0.15) is 83.6 Å². The van der Waals surface area contributed by atoms with Crippen LogP contribution in [-0.2, 0) is 43.1 Å². The number of Topliss-reactive ketones (excluding diaryl/α,β-unsaturated/α-hetero) is 1. The van der Waals surface area contributed by atoms with Gasteiger partial charge >= 0.3 is 5.97 Å². The van der Waals surface area contributed by atoms with Crippen LogP contribution in [0, 0.1) is 5.41 Å². The number of carbonyl (C=O) groups is 8. The first-order valence-corrected chi connectivity index (χ1v) is 21.6. The van der Waals surface area contributed by atoms with Gasteiger partial charge in [0, 0.05) is 39.5 Å². The molecule has 0 aliphatic carbocycles. The number of likely N-dealkylation sites (tertiary alicyclic amines) is 1. The highest BCUT2D eigenvalue weighted by molar-refractivity contribution is 8.18. The Morgan fingerprint density at radius 2 is 1.47 bits per heavy atom. The molecule has 0 saturated carbocycles. The van der Waals surface area contributed by atoms with E-state index in [4.69, 9.17) is 4.74 Å². The van der Waals surface area contributed by atoms with E-state index in [-0.39, 0.29) is 19.4 Å². The number of ether oxygens (including phenoxy) is 1. The predicted molar refractivity (Wildman–Crippen MR) is 226 cm³/mol. The number of benzene rings is 2. The van der Waals surface area contributed by atoms with E-state index < -0.39 is 93.5 Å². The van der Waals surface area contributed by atoms with Crippen LogP contribution in [-0.4, -0.2) is 118 Å². The van der Waals surface area contributed by atoms with Gasteiger partial charge in [0.2, 0.25) is 35.5 Å². The van der Waals surface area contributed by atoms with Crippen LogP contribution >= 0.6 is 23.5 Å². The normalized spacial score (nSPS) is 18.0. The minimum Gasteiger partial charge on any atom is -0.447 e. The highest BCUT2D eigenvalue weighted by atomic mass is 32.2. The maximum Gasteiger partial charge on any atom is 0.303 e. The van der Waals surface area contributed by atoms with Gasteiger partial charge in [-0.05, 0) is 35.3 Å². The van der Waals surface area contributed by atoms with Crippen LogP contribution in [0.2, 0.25) is 0 Å². The zero-order valence-electron chi connectivity index (χ0n) is 34.7. The van der Waals surface area contributed by atoms with E-state index >= 15 is 0 Å². The fourth-order valence-electron chi connectivity index (χ4n) is 6.86. The van der Waals surface area contributed by atoms with Gasteiger partial charge in [-0.1, -0.05) is 94.8 Å². The highest BCUT2D eigenvalue weighted by Crippen LogP contribution is 2.50. The van der Waals surface area contributed by atoms with Crippen LogP contribution in [0.25, 0.3) is 0 Å². The lowest BCUT2D eigenvalue weighted by molar-refractivity contribution is -0.156. The van der Waals surface area contributed by atoms with Crippen molar-refractivity contribution in [3.05, 3.63) is 71.8 Å². The van der Waals surface area contributed by atoms with Gasteiger partial charge in [-0.25, -0.2) is 0 Å². The first-order chi connectivity index (χ1) is 27.9. The van der Waals surface area contributed by atoms with Crippen molar-refractivity contribution in [1.29, 1.82) is 0 Å². The van der Waals surface area contributed by atoms with Crippen LogP contribution in [0.3, 0.4) is 0 Å². The molecular formula is C42H56N6O9S2. The third-order valence-electron chi connectivity index (χ3n) is 9.89. The molecule has 2 aromatic rings. The van der Waals surface area contributed by atoms with Crippen molar-refractivity contribution in [2.45, 2.75) is 94.7 Å². The molecule has 59 heavy (non-hydrogen) atoms. The number of ketones is 1. The molecule has 6 amide bonds. The molecule has 2 unspecified atom stereocenters. The Morgan fingerprint density at radius 1 is 0.881 bits per heavy atom. The third kappa shape index (κ3) is 12.6. The summed E-state index contributed by atoms with van der Waals surface area (Å²) in [7, 11) is 3.10. The Morgan fingerprint density at radius 3 is 2.02 bits per heavy atom. The number of likely N-dealkylation sites (N-methyl/N-ethyl adjacent to an activating group) is 1. The standard InChI is InChI=1S/C42H56N6O9S2/c1-8-16-29(33(51)37(53)43-24-31(50)45-32(39(55)47(6)7)27-17-11-9-12-18-27)44-36(52)30-23-42(58-21-15-22-59-42)25-48(30)40(56)35(41(3,4)5)46-38(54)34(57-26(2)49)28-19-13-10-14-20-28/h9-14,17-20,29-30,32,34-35H,8,15-16,21-25H2,1-7H3,(H,43,53)(H,44,52)(H,45,50)(H,46,54)/t29?,30-,32?,34+,35+/m0/s1. The molecule has 0 radical (unpaired) electrons. The first-order valence-electron chi connectivity index (χ1n) is 19.7. The van der Waals surface area contributed by atoms with Crippen molar-refractivity contribution < 1.29 is 43.1 Å². The van der Waals surface area contributed by atoms with Crippen molar-refractivity contribution in [1.82, 2.24) is 31.1 Å². The molecule has 4 N–H and O–H groups in total. The van der Waals surface area contributed by atoms with Gasteiger partial charge in [0.05, 0.1) is 16.7 Å². The van der Waals surface area contributed by atoms with Gasteiger partial charge in [0.25, 0.3) is 11.8 Å². The Labute approximate surface area is 354 Å². The zero-order chi connectivity index (χ0) is 43.5. The number of carbonyl (C=O) groups excluding carboxylic acids is 8. The van der Waals surface area contributed by atoms with E-state index in [1.807, 2.05) is 0 Å². The molecule has 2 saturated heterocycles. The summed E-state index contributed by atoms with van der Waals surface area (Å²) in [6.45, 7) is 7.90. The molecule has 5 atom stereocenters. The highest BCUT2D eigenvalue weighted by Gasteiger charge is 2.53. The Kier molecular flexibility index (Phi) is 16.6. The van der Waals surface area contributed by atoms with E-state index in [2.05, 4.69) is 21.3 Å². The predicted octanol–water partition coefficient (Wildman–Crippen LogP) is 2.90. The Hall–Kier alpha value is -4.90. The average molecular weight is 853 g/mol. The summed E-state index contributed by atoms with van der Waals surface area (Å²) in [5, 5.41) is 10.5. The van der Waals surface area contributed by atoms with Crippen LogP contribution in [0.5, 0.6) is 0 Å². The SMILES string of the molecule is CCCC(NC(=O)[C@@H]1CC2(CN1C(=O)[C@@H](NC(=O)[C@H](OC(C)=O)c1ccccc1)C(C)(C)C)SCCCS2)C(=O)C(=O)NCC(=O)NC(C(=O)N(C)C)c1ccccc1. The fraction of sp³-hybridized carbons (Fsp3) is 0.524. The molecule has 2 aliphatic heterocycles. The third-order valence-corrected chi connectivity index (χ3v) is 13.2. The van der Waals surface area contributed by atoms with E-state index in [1.54, 1.807) is 126 Å². The van der Waals surface area contributed by atoms with Crippen LogP contribution in [0.15, 0.2) is 60.7 Å². The van der Waals surface area contributed by atoms with Gasteiger partial charge in [-0.15, -0.1) is 23.5 Å². The number of amides is 6. The van der Waals surface area contributed by atoms with Crippen LogP contribution < -0.4 is 21.3 Å². The molecular weight excluding hydrogens is 797 g/mol. The maximum atomic E-state index is 14.7. The van der Waals surface area contributed by atoms with Crippen molar-refractivity contribution >= 4 is 70.7 Å². The number of nitrogens with one attached hydrogen (secondary N) is 4. The molecule has 1 spiro atoms. The van der Waals surface area contributed by atoms with Gasteiger partial charge in [0.15, 0.2) is 0 Å². The largest absolute Gasteiger partial charge is 0.447 e. The summed E-state index contributed by atoms with van der Waals surface area (Å²) < 4.78 is 4.89. The summed E-state index contributed by atoms with van der Waals surface area (Å²) >= 11 is 3.33. The lowest BCUT2D eigenvalue weighted by atomic mass is 9.85. The van der Waals surface area contributed by atoms with Gasteiger partial charge in [0.1, 0.15) is 18.1 Å². The zero-order valence-corrected chi connectivity index (χ0v) is 36.3. The molecule has 2 aromatic carbocycles. The number of hydrogen-bond donors (Lipinski definition) is 4. The summed E-state index contributed by atoms with van der Waals surface area (Å²) in [5.74, 6) is -4.06.